The molecule has 248 valence electrons. The van der Waals surface area contributed by atoms with Crippen LogP contribution >= 0.6 is 0 Å². The first kappa shape index (κ1) is 37.3. The summed E-state index contributed by atoms with van der Waals surface area (Å²) in [5.74, 6) is -0.430. The van der Waals surface area contributed by atoms with Crippen LogP contribution in [-0.4, -0.2) is 108 Å². The molecule has 0 saturated carbocycles. The van der Waals surface area contributed by atoms with Crippen molar-refractivity contribution >= 4 is 35.4 Å². The van der Waals surface area contributed by atoms with Crippen molar-refractivity contribution in [3.63, 3.8) is 0 Å². The Labute approximate surface area is 265 Å². The summed E-state index contributed by atoms with van der Waals surface area (Å²) in [6.45, 7) is 5.83. The number of anilines is 2. The van der Waals surface area contributed by atoms with Crippen LogP contribution in [0.5, 0.6) is 0 Å². The Bertz CT molecular complexity index is 1200. The van der Waals surface area contributed by atoms with Gasteiger partial charge in [-0.1, -0.05) is 12.1 Å². The van der Waals surface area contributed by atoms with Crippen molar-refractivity contribution in [1.82, 2.24) is 20.9 Å². The van der Waals surface area contributed by atoms with E-state index in [4.69, 9.17) is 19.9 Å². The number of nitrogen functional groups attached to an aromatic ring is 1. The molecule has 1 unspecified atom stereocenters. The van der Waals surface area contributed by atoms with Crippen LogP contribution in [-0.2, 0) is 30.3 Å². The van der Waals surface area contributed by atoms with E-state index < -0.39 is 0 Å². The molecular formula is C32H48N6O7. The molecule has 0 spiro atoms. The number of carbonyl (C=O) groups excluding carboxylic acids is 4. The summed E-state index contributed by atoms with van der Waals surface area (Å²) in [6.07, 6.45) is 1.87. The molecule has 2 aromatic rings. The summed E-state index contributed by atoms with van der Waals surface area (Å²) in [5.41, 5.74) is 8.59. The zero-order valence-corrected chi connectivity index (χ0v) is 26.6. The molecule has 2 aromatic carbocycles. The highest BCUT2D eigenvalue weighted by Gasteiger charge is 2.17. The minimum atomic E-state index is -0.234. The normalized spacial score (nSPS) is 11.6. The first-order valence-corrected chi connectivity index (χ1v) is 15.1. The maximum Gasteiger partial charge on any atom is 0.251 e. The van der Waals surface area contributed by atoms with Gasteiger partial charge in [0.1, 0.15) is 6.29 Å². The lowest BCUT2D eigenvalue weighted by molar-refractivity contribution is -0.121. The Kier molecular flexibility index (Phi) is 18.0. The number of rotatable bonds is 23. The molecule has 3 amide bonds. The van der Waals surface area contributed by atoms with Crippen molar-refractivity contribution in [2.75, 3.05) is 84.4 Å². The zero-order valence-electron chi connectivity index (χ0n) is 26.6. The van der Waals surface area contributed by atoms with Gasteiger partial charge in [-0.25, -0.2) is 0 Å². The van der Waals surface area contributed by atoms with Gasteiger partial charge in [0.15, 0.2) is 0 Å². The second-order valence-corrected chi connectivity index (χ2v) is 10.4. The van der Waals surface area contributed by atoms with E-state index in [2.05, 4.69) is 26.2 Å². The van der Waals surface area contributed by atoms with E-state index in [0.717, 1.165) is 11.8 Å². The standard InChI is InChI=1S/C32H48N6O7/c1-24(7-12-30(40)34-2)38(3)22-28-26(23-39)5-4-6-29(28)37-31(41)21-35-13-15-43-17-19-45-20-18-44-16-14-36-32(42)25-8-10-27(33)11-9-25/h4-6,8-11,23-24,35H,7,12-22,33H2,1-3H3,(H,34,40)(H,36,42)(H,37,41). The molecule has 6 N–H and O–H groups in total. The van der Waals surface area contributed by atoms with Gasteiger partial charge >= 0.3 is 0 Å². The molecule has 0 aromatic heterocycles. The lowest BCUT2D eigenvalue weighted by atomic mass is 10.0. The molecule has 0 fully saturated rings. The SMILES string of the molecule is CNC(=O)CCC(C)N(C)Cc1c(C=O)cccc1NC(=O)CNCCOCCOCCOCCNC(=O)c1ccc(N)cc1. The number of hydrogen-bond donors (Lipinski definition) is 5. The molecule has 0 aliphatic carbocycles. The highest BCUT2D eigenvalue weighted by Crippen LogP contribution is 2.22. The molecule has 0 radical (unpaired) electrons. The Morgan fingerprint density at radius 2 is 1.56 bits per heavy atom. The molecule has 1 atom stereocenters. The number of hydrogen-bond acceptors (Lipinski definition) is 10. The van der Waals surface area contributed by atoms with E-state index >= 15 is 0 Å². The molecule has 13 heteroatoms. The van der Waals surface area contributed by atoms with Crippen molar-refractivity contribution < 1.29 is 33.4 Å². The maximum absolute atomic E-state index is 12.6. The molecule has 45 heavy (non-hydrogen) atoms. The second-order valence-electron chi connectivity index (χ2n) is 10.4. The van der Waals surface area contributed by atoms with Crippen LogP contribution in [0.3, 0.4) is 0 Å². The van der Waals surface area contributed by atoms with Crippen molar-refractivity contribution in [2.45, 2.75) is 32.4 Å². The summed E-state index contributed by atoms with van der Waals surface area (Å²) >= 11 is 0. The van der Waals surface area contributed by atoms with Gasteiger partial charge in [0.25, 0.3) is 5.91 Å². The summed E-state index contributed by atoms with van der Waals surface area (Å²) in [7, 11) is 3.54. The van der Waals surface area contributed by atoms with Crippen molar-refractivity contribution in [2.24, 2.45) is 0 Å². The Morgan fingerprint density at radius 1 is 0.911 bits per heavy atom. The molecule has 2 rings (SSSR count). The van der Waals surface area contributed by atoms with Gasteiger partial charge in [-0.05, 0) is 50.7 Å². The Balaban J connectivity index is 1.54. The van der Waals surface area contributed by atoms with Gasteiger partial charge < -0.3 is 41.2 Å². The van der Waals surface area contributed by atoms with Gasteiger partial charge in [-0.15, -0.1) is 0 Å². The van der Waals surface area contributed by atoms with Crippen LogP contribution in [0.4, 0.5) is 11.4 Å². The number of nitrogens with two attached hydrogens (primary N) is 1. The first-order chi connectivity index (χ1) is 21.7. The van der Waals surface area contributed by atoms with E-state index in [1.165, 1.54) is 0 Å². The zero-order chi connectivity index (χ0) is 32.9. The van der Waals surface area contributed by atoms with Crippen LogP contribution in [0.1, 0.15) is 46.0 Å². The molecule has 0 aliphatic heterocycles. The average molecular weight is 629 g/mol. The predicted molar refractivity (Wildman–Crippen MR) is 173 cm³/mol. The Morgan fingerprint density at radius 3 is 2.20 bits per heavy atom. The third kappa shape index (κ3) is 15.1. The van der Waals surface area contributed by atoms with Crippen LogP contribution in [0.25, 0.3) is 0 Å². The number of amides is 3. The Hall–Kier alpha value is -3.88. The lowest BCUT2D eigenvalue weighted by Gasteiger charge is -2.26. The van der Waals surface area contributed by atoms with E-state index in [-0.39, 0.29) is 30.3 Å². The van der Waals surface area contributed by atoms with Crippen LogP contribution in [0, 0.1) is 0 Å². The smallest absolute Gasteiger partial charge is 0.251 e. The van der Waals surface area contributed by atoms with Crippen LogP contribution in [0.15, 0.2) is 42.5 Å². The van der Waals surface area contributed by atoms with Crippen LogP contribution in [0.2, 0.25) is 0 Å². The largest absolute Gasteiger partial charge is 0.399 e. The van der Waals surface area contributed by atoms with Gasteiger partial charge in [-0.3, -0.25) is 24.1 Å². The molecule has 0 heterocycles. The average Bonchev–Trinajstić information content (AvgIpc) is 3.04. The molecule has 0 aliphatic rings. The molecular weight excluding hydrogens is 580 g/mol. The maximum atomic E-state index is 12.6. The van der Waals surface area contributed by atoms with Crippen molar-refractivity contribution in [1.29, 1.82) is 0 Å². The highest BCUT2D eigenvalue weighted by molar-refractivity contribution is 5.95. The quantitative estimate of drug-likeness (QED) is 0.0689. The monoisotopic (exact) mass is 628 g/mol. The summed E-state index contributed by atoms with van der Waals surface area (Å²) in [6, 6.07) is 12.0. The topological polar surface area (TPSA) is 173 Å². The minimum absolute atomic E-state index is 0.0172. The summed E-state index contributed by atoms with van der Waals surface area (Å²) in [4.78, 5) is 49.9. The van der Waals surface area contributed by atoms with E-state index in [0.29, 0.717) is 94.6 Å². The fourth-order valence-electron chi connectivity index (χ4n) is 4.16. The molecule has 0 saturated heterocycles. The molecule has 13 nitrogen and oxygen atoms in total. The summed E-state index contributed by atoms with van der Waals surface area (Å²) in [5, 5.41) is 11.3. The summed E-state index contributed by atoms with van der Waals surface area (Å²) < 4.78 is 16.5. The van der Waals surface area contributed by atoms with E-state index in [1.54, 1.807) is 49.5 Å². The van der Waals surface area contributed by atoms with Crippen molar-refractivity contribution in [3.05, 3.63) is 59.2 Å². The van der Waals surface area contributed by atoms with Gasteiger partial charge in [0.05, 0.1) is 46.2 Å². The lowest BCUT2D eigenvalue weighted by Crippen LogP contribution is -2.32. The molecule has 0 bridgehead atoms. The number of carbonyl (C=O) groups is 4. The van der Waals surface area contributed by atoms with Gasteiger partial charge in [-0.2, -0.15) is 0 Å². The first-order valence-electron chi connectivity index (χ1n) is 15.1. The van der Waals surface area contributed by atoms with Gasteiger partial charge in [0.2, 0.25) is 11.8 Å². The number of nitrogens with zero attached hydrogens (tertiary/aromatic N) is 1. The van der Waals surface area contributed by atoms with Crippen LogP contribution < -0.4 is 27.0 Å². The number of ether oxygens (including phenoxy) is 3. The number of benzene rings is 2. The third-order valence-corrected chi connectivity index (χ3v) is 7.00. The fourth-order valence-corrected chi connectivity index (χ4v) is 4.16. The van der Waals surface area contributed by atoms with E-state index in [1.807, 2.05) is 14.0 Å². The van der Waals surface area contributed by atoms with Gasteiger partial charge in [0, 0.05) is 67.2 Å². The minimum Gasteiger partial charge on any atom is -0.399 e. The highest BCUT2D eigenvalue weighted by atomic mass is 16.5. The second kappa shape index (κ2) is 21.8. The van der Waals surface area contributed by atoms with E-state index in [9.17, 15) is 19.2 Å². The predicted octanol–water partition coefficient (Wildman–Crippen LogP) is 1.44. The van der Waals surface area contributed by atoms with Crippen molar-refractivity contribution in [3.8, 4) is 0 Å². The number of aldehydes is 1. The third-order valence-electron chi connectivity index (χ3n) is 7.00. The fraction of sp³-hybridized carbons (Fsp3) is 0.500. The number of nitrogens with one attached hydrogen (secondary N) is 4.